The summed E-state index contributed by atoms with van der Waals surface area (Å²) in [4.78, 5) is 13.0. The van der Waals surface area contributed by atoms with Gasteiger partial charge in [-0.3, -0.25) is 4.79 Å². The zero-order chi connectivity index (χ0) is 14.1. The van der Waals surface area contributed by atoms with Crippen LogP contribution in [0.1, 0.15) is 43.9 Å². The van der Waals surface area contributed by atoms with E-state index in [1.165, 1.54) is 11.3 Å². The number of carbonyl (C=O) groups is 1. The maximum atomic E-state index is 11.8. The highest BCUT2D eigenvalue weighted by molar-refractivity contribution is 9.10. The molecule has 0 aliphatic carbocycles. The number of thiophene rings is 1. The monoisotopic (exact) mass is 346 g/mol. The molecule has 1 atom stereocenters. The third kappa shape index (κ3) is 7.09. The third-order valence-electron chi connectivity index (χ3n) is 3.13. The molecule has 0 radical (unpaired) electrons. The van der Waals surface area contributed by atoms with Gasteiger partial charge in [-0.25, -0.2) is 0 Å². The van der Waals surface area contributed by atoms with Crippen LogP contribution in [0.4, 0.5) is 0 Å². The molecule has 0 saturated carbocycles. The van der Waals surface area contributed by atoms with Crippen molar-refractivity contribution in [2.75, 3.05) is 6.54 Å². The SMILES string of the molecule is CCCC(CCN)CCC(=O)NCc1cc(Br)cs1. The second kappa shape index (κ2) is 9.50. The smallest absolute Gasteiger partial charge is 0.220 e. The minimum atomic E-state index is 0.141. The van der Waals surface area contributed by atoms with Gasteiger partial charge in [-0.15, -0.1) is 11.3 Å². The Morgan fingerprint density at radius 1 is 1.47 bits per heavy atom. The van der Waals surface area contributed by atoms with Crippen molar-refractivity contribution in [3.8, 4) is 0 Å². The normalized spacial score (nSPS) is 12.4. The molecule has 3 N–H and O–H groups in total. The van der Waals surface area contributed by atoms with Crippen LogP contribution >= 0.6 is 27.3 Å². The van der Waals surface area contributed by atoms with Crippen LogP contribution in [0.3, 0.4) is 0 Å². The minimum Gasteiger partial charge on any atom is -0.351 e. The van der Waals surface area contributed by atoms with E-state index in [4.69, 9.17) is 5.73 Å². The van der Waals surface area contributed by atoms with Crippen LogP contribution in [0.2, 0.25) is 0 Å². The molecule has 0 aliphatic heterocycles. The van der Waals surface area contributed by atoms with Gasteiger partial charge in [0.1, 0.15) is 0 Å². The Balaban J connectivity index is 2.22. The van der Waals surface area contributed by atoms with Gasteiger partial charge in [-0.1, -0.05) is 19.8 Å². The second-order valence-corrected chi connectivity index (χ2v) is 6.69. The predicted molar refractivity (Wildman–Crippen MR) is 85.2 cm³/mol. The van der Waals surface area contributed by atoms with E-state index >= 15 is 0 Å². The van der Waals surface area contributed by atoms with Crippen molar-refractivity contribution < 1.29 is 4.79 Å². The van der Waals surface area contributed by atoms with Gasteiger partial charge >= 0.3 is 0 Å². The molecule has 0 aliphatic rings. The van der Waals surface area contributed by atoms with Gasteiger partial charge in [-0.05, 0) is 47.3 Å². The Hall–Kier alpha value is -0.390. The van der Waals surface area contributed by atoms with E-state index in [-0.39, 0.29) is 5.91 Å². The first-order chi connectivity index (χ1) is 9.15. The minimum absolute atomic E-state index is 0.141. The summed E-state index contributed by atoms with van der Waals surface area (Å²) in [5, 5.41) is 5.00. The third-order valence-corrected chi connectivity index (χ3v) is 4.83. The fraction of sp³-hybridized carbons (Fsp3) is 0.643. The lowest BCUT2D eigenvalue weighted by molar-refractivity contribution is -0.121. The molecule has 0 fully saturated rings. The topological polar surface area (TPSA) is 55.1 Å². The molecule has 3 nitrogen and oxygen atoms in total. The molecule has 1 heterocycles. The summed E-state index contributed by atoms with van der Waals surface area (Å²) >= 11 is 5.06. The van der Waals surface area contributed by atoms with Gasteiger partial charge < -0.3 is 11.1 Å². The van der Waals surface area contributed by atoms with Crippen LogP contribution < -0.4 is 11.1 Å². The molecule has 0 bridgehead atoms. The van der Waals surface area contributed by atoms with Crippen LogP contribution in [0.5, 0.6) is 0 Å². The van der Waals surface area contributed by atoms with Crippen molar-refractivity contribution >= 4 is 33.2 Å². The van der Waals surface area contributed by atoms with E-state index in [2.05, 4.69) is 28.2 Å². The van der Waals surface area contributed by atoms with Crippen molar-refractivity contribution in [3.63, 3.8) is 0 Å². The Bertz CT molecular complexity index is 375. The van der Waals surface area contributed by atoms with Crippen molar-refractivity contribution in [2.24, 2.45) is 11.7 Å². The van der Waals surface area contributed by atoms with Gasteiger partial charge in [0.25, 0.3) is 0 Å². The zero-order valence-corrected chi connectivity index (χ0v) is 13.9. The van der Waals surface area contributed by atoms with Gasteiger partial charge in [0, 0.05) is 21.2 Å². The zero-order valence-electron chi connectivity index (χ0n) is 11.5. The quantitative estimate of drug-likeness (QED) is 0.716. The van der Waals surface area contributed by atoms with Gasteiger partial charge in [-0.2, -0.15) is 0 Å². The van der Waals surface area contributed by atoms with E-state index in [9.17, 15) is 4.79 Å². The lowest BCUT2D eigenvalue weighted by atomic mass is 9.94. The molecule has 108 valence electrons. The number of hydrogen-bond donors (Lipinski definition) is 2. The number of amides is 1. The summed E-state index contributed by atoms with van der Waals surface area (Å²) in [5.41, 5.74) is 5.60. The summed E-state index contributed by atoms with van der Waals surface area (Å²) in [6.45, 7) is 3.53. The fourth-order valence-electron chi connectivity index (χ4n) is 2.13. The number of carbonyl (C=O) groups excluding carboxylic acids is 1. The Morgan fingerprint density at radius 3 is 2.84 bits per heavy atom. The summed E-state index contributed by atoms with van der Waals surface area (Å²) in [6, 6.07) is 2.04. The van der Waals surface area contributed by atoms with Crippen LogP contribution in [0.25, 0.3) is 0 Å². The molecular weight excluding hydrogens is 324 g/mol. The number of halogens is 1. The molecule has 0 spiro atoms. The molecule has 5 heteroatoms. The van der Waals surface area contributed by atoms with E-state index in [0.29, 0.717) is 18.9 Å². The molecule has 0 saturated heterocycles. The van der Waals surface area contributed by atoms with E-state index in [1.54, 1.807) is 11.3 Å². The molecule has 1 rings (SSSR count). The molecule has 1 amide bonds. The second-order valence-electron chi connectivity index (χ2n) is 4.78. The number of nitrogens with two attached hydrogens (primary N) is 1. The highest BCUT2D eigenvalue weighted by atomic mass is 79.9. The van der Waals surface area contributed by atoms with Gasteiger partial charge in [0.05, 0.1) is 6.54 Å². The fourth-order valence-corrected chi connectivity index (χ4v) is 3.52. The first-order valence-electron chi connectivity index (χ1n) is 6.85. The number of rotatable bonds is 9. The lowest BCUT2D eigenvalue weighted by Gasteiger charge is -2.14. The molecular formula is C14H23BrN2OS. The highest BCUT2D eigenvalue weighted by Gasteiger charge is 2.10. The summed E-state index contributed by atoms with van der Waals surface area (Å²) in [5.74, 6) is 0.735. The van der Waals surface area contributed by atoms with Crippen molar-refractivity contribution in [2.45, 2.75) is 45.6 Å². The highest BCUT2D eigenvalue weighted by Crippen LogP contribution is 2.20. The lowest BCUT2D eigenvalue weighted by Crippen LogP contribution is -2.23. The first kappa shape index (κ1) is 16.7. The summed E-state index contributed by atoms with van der Waals surface area (Å²) < 4.78 is 1.08. The van der Waals surface area contributed by atoms with Crippen LogP contribution in [0.15, 0.2) is 15.9 Å². The van der Waals surface area contributed by atoms with Crippen LogP contribution in [-0.2, 0) is 11.3 Å². The number of nitrogens with one attached hydrogen (secondary N) is 1. The molecule has 19 heavy (non-hydrogen) atoms. The Labute approximate surface area is 128 Å². The van der Waals surface area contributed by atoms with E-state index in [0.717, 1.165) is 30.3 Å². The van der Waals surface area contributed by atoms with E-state index < -0.39 is 0 Å². The molecule has 0 aromatic carbocycles. The molecule has 1 aromatic heterocycles. The summed E-state index contributed by atoms with van der Waals surface area (Å²) in [7, 11) is 0. The van der Waals surface area contributed by atoms with Crippen LogP contribution in [-0.4, -0.2) is 12.5 Å². The van der Waals surface area contributed by atoms with Crippen molar-refractivity contribution in [3.05, 3.63) is 20.8 Å². The molecule has 1 unspecified atom stereocenters. The van der Waals surface area contributed by atoms with Crippen molar-refractivity contribution in [1.82, 2.24) is 5.32 Å². The number of hydrogen-bond acceptors (Lipinski definition) is 3. The predicted octanol–water partition coefficient (Wildman–Crippen LogP) is 3.67. The first-order valence-corrected chi connectivity index (χ1v) is 8.52. The van der Waals surface area contributed by atoms with Crippen molar-refractivity contribution in [1.29, 1.82) is 0 Å². The molecule has 1 aromatic rings. The average Bonchev–Trinajstić information content (AvgIpc) is 2.80. The Morgan fingerprint density at radius 2 is 2.26 bits per heavy atom. The Kier molecular flexibility index (Phi) is 8.34. The van der Waals surface area contributed by atoms with Crippen LogP contribution in [0, 0.1) is 5.92 Å². The average molecular weight is 347 g/mol. The summed E-state index contributed by atoms with van der Waals surface area (Å²) in [6.07, 6.45) is 4.92. The largest absolute Gasteiger partial charge is 0.351 e. The van der Waals surface area contributed by atoms with Gasteiger partial charge in [0.15, 0.2) is 0 Å². The van der Waals surface area contributed by atoms with Gasteiger partial charge in [0.2, 0.25) is 5.91 Å². The maximum absolute atomic E-state index is 11.8. The van der Waals surface area contributed by atoms with E-state index in [1.807, 2.05) is 11.4 Å². The standard InChI is InChI=1S/C14H23BrN2OS/c1-2-3-11(6-7-16)4-5-14(18)17-9-13-8-12(15)10-19-13/h8,10-11H,2-7,9,16H2,1H3,(H,17,18). The maximum Gasteiger partial charge on any atom is 0.220 e.